The SMILES string of the molecule is CCNCc1sccc1S(=O)(=O)NC1CC(C)CC(C)C1. The first-order valence-electron chi connectivity index (χ1n) is 7.71. The van der Waals surface area contributed by atoms with Crippen LogP contribution in [-0.4, -0.2) is 21.0 Å². The van der Waals surface area contributed by atoms with Crippen molar-refractivity contribution in [2.24, 2.45) is 11.8 Å². The van der Waals surface area contributed by atoms with E-state index in [-0.39, 0.29) is 6.04 Å². The summed E-state index contributed by atoms with van der Waals surface area (Å²) in [5.41, 5.74) is 0. The van der Waals surface area contributed by atoms with Crippen LogP contribution in [0.5, 0.6) is 0 Å². The number of sulfonamides is 1. The van der Waals surface area contributed by atoms with Crippen molar-refractivity contribution < 1.29 is 8.42 Å². The minimum absolute atomic E-state index is 0.0700. The molecule has 1 aliphatic rings. The fourth-order valence-electron chi connectivity index (χ4n) is 3.26. The van der Waals surface area contributed by atoms with Gasteiger partial charge in [0.2, 0.25) is 10.0 Å². The molecule has 0 aromatic carbocycles. The summed E-state index contributed by atoms with van der Waals surface area (Å²) >= 11 is 1.50. The van der Waals surface area contributed by atoms with E-state index in [1.54, 1.807) is 6.07 Å². The molecule has 2 atom stereocenters. The summed E-state index contributed by atoms with van der Waals surface area (Å²) in [7, 11) is -3.40. The lowest BCUT2D eigenvalue weighted by Crippen LogP contribution is -2.40. The van der Waals surface area contributed by atoms with E-state index in [0.29, 0.717) is 23.3 Å². The molecule has 2 N–H and O–H groups in total. The molecule has 1 saturated carbocycles. The average molecular weight is 331 g/mol. The molecule has 120 valence electrons. The van der Waals surface area contributed by atoms with Gasteiger partial charge in [-0.25, -0.2) is 13.1 Å². The maximum atomic E-state index is 12.6. The van der Waals surface area contributed by atoms with E-state index >= 15 is 0 Å². The standard InChI is InChI=1S/C15H26N2O2S2/c1-4-16-10-14-15(5-6-20-14)21(18,19)17-13-8-11(2)7-12(3)9-13/h5-6,11-13,16-17H,4,7-10H2,1-3H3. The van der Waals surface area contributed by atoms with E-state index in [1.807, 2.05) is 12.3 Å². The molecule has 1 aromatic rings. The van der Waals surface area contributed by atoms with Crippen LogP contribution in [0.3, 0.4) is 0 Å². The summed E-state index contributed by atoms with van der Waals surface area (Å²) in [5, 5.41) is 5.05. The lowest BCUT2D eigenvalue weighted by Gasteiger charge is -2.31. The van der Waals surface area contributed by atoms with E-state index in [9.17, 15) is 8.42 Å². The van der Waals surface area contributed by atoms with Crippen molar-refractivity contribution in [3.63, 3.8) is 0 Å². The van der Waals surface area contributed by atoms with Crippen molar-refractivity contribution in [1.29, 1.82) is 0 Å². The Morgan fingerprint density at radius 2 is 1.90 bits per heavy atom. The molecule has 0 spiro atoms. The van der Waals surface area contributed by atoms with Gasteiger partial charge >= 0.3 is 0 Å². The van der Waals surface area contributed by atoms with Gasteiger partial charge in [0.05, 0.1) is 4.90 Å². The molecule has 2 rings (SSSR count). The lowest BCUT2D eigenvalue weighted by atomic mass is 9.81. The molecule has 6 heteroatoms. The second kappa shape index (κ2) is 7.22. The predicted octanol–water partition coefficient (Wildman–Crippen LogP) is 2.96. The Balaban J connectivity index is 2.09. The molecule has 4 nitrogen and oxygen atoms in total. The first-order valence-corrected chi connectivity index (χ1v) is 10.1. The number of hydrogen-bond donors (Lipinski definition) is 2. The Labute approximate surface area is 132 Å². The molecule has 1 aliphatic carbocycles. The summed E-state index contributed by atoms with van der Waals surface area (Å²) in [4.78, 5) is 1.33. The molecular formula is C15H26N2O2S2. The molecule has 0 amide bonds. The van der Waals surface area contributed by atoms with Crippen LogP contribution in [0.25, 0.3) is 0 Å². The first-order chi connectivity index (χ1) is 9.92. The first kappa shape index (κ1) is 16.9. The molecule has 0 saturated heterocycles. The highest BCUT2D eigenvalue weighted by Gasteiger charge is 2.29. The maximum absolute atomic E-state index is 12.6. The fourth-order valence-corrected chi connectivity index (χ4v) is 5.94. The molecule has 0 aliphatic heterocycles. The smallest absolute Gasteiger partial charge is 0.241 e. The number of hydrogen-bond acceptors (Lipinski definition) is 4. The average Bonchev–Trinajstić information content (AvgIpc) is 2.83. The van der Waals surface area contributed by atoms with Crippen molar-refractivity contribution in [2.75, 3.05) is 6.54 Å². The zero-order chi connectivity index (χ0) is 15.5. The third-order valence-corrected chi connectivity index (χ3v) is 6.69. The van der Waals surface area contributed by atoms with Crippen LogP contribution in [0.4, 0.5) is 0 Å². The molecule has 0 bridgehead atoms. The Bertz CT molecular complexity index is 544. The minimum Gasteiger partial charge on any atom is -0.312 e. The Kier molecular flexibility index (Phi) is 5.82. The summed E-state index contributed by atoms with van der Waals surface area (Å²) in [5.74, 6) is 1.18. The third kappa shape index (κ3) is 4.52. The number of rotatable bonds is 6. The molecular weight excluding hydrogens is 304 g/mol. The summed E-state index contributed by atoms with van der Waals surface area (Å²) in [6.45, 7) is 7.88. The number of thiophene rings is 1. The van der Waals surface area contributed by atoms with E-state index in [1.165, 1.54) is 17.8 Å². The Hall–Kier alpha value is -0.430. The van der Waals surface area contributed by atoms with Crippen molar-refractivity contribution >= 4 is 21.4 Å². The van der Waals surface area contributed by atoms with Gasteiger partial charge in [0, 0.05) is 17.5 Å². The molecule has 21 heavy (non-hydrogen) atoms. The van der Waals surface area contributed by atoms with Crippen molar-refractivity contribution in [3.05, 3.63) is 16.3 Å². The van der Waals surface area contributed by atoms with Crippen LogP contribution < -0.4 is 10.0 Å². The van der Waals surface area contributed by atoms with Crippen LogP contribution in [0.1, 0.15) is 44.9 Å². The van der Waals surface area contributed by atoms with Crippen LogP contribution >= 0.6 is 11.3 Å². The molecule has 1 heterocycles. The highest BCUT2D eigenvalue weighted by Crippen LogP contribution is 2.30. The van der Waals surface area contributed by atoms with Gasteiger partial charge in [0.1, 0.15) is 0 Å². The highest BCUT2D eigenvalue weighted by molar-refractivity contribution is 7.89. The third-order valence-electron chi connectivity index (χ3n) is 4.03. The van der Waals surface area contributed by atoms with Crippen molar-refractivity contribution in [2.45, 2.75) is 57.5 Å². The normalized spacial score (nSPS) is 26.9. The van der Waals surface area contributed by atoms with Gasteiger partial charge in [-0.2, -0.15) is 0 Å². The predicted molar refractivity (Wildman–Crippen MR) is 88.0 cm³/mol. The van der Waals surface area contributed by atoms with E-state index in [4.69, 9.17) is 0 Å². The monoisotopic (exact) mass is 330 g/mol. The quantitative estimate of drug-likeness (QED) is 0.843. The second-order valence-electron chi connectivity index (χ2n) is 6.22. The summed E-state index contributed by atoms with van der Waals surface area (Å²) in [6.07, 6.45) is 3.08. The van der Waals surface area contributed by atoms with Crippen LogP contribution in [-0.2, 0) is 16.6 Å². The lowest BCUT2D eigenvalue weighted by molar-refractivity contribution is 0.257. The van der Waals surface area contributed by atoms with Crippen molar-refractivity contribution in [1.82, 2.24) is 10.0 Å². The van der Waals surface area contributed by atoms with E-state index in [2.05, 4.69) is 23.9 Å². The Morgan fingerprint density at radius 1 is 1.24 bits per heavy atom. The zero-order valence-electron chi connectivity index (χ0n) is 13.1. The van der Waals surface area contributed by atoms with Gasteiger partial charge in [-0.05, 0) is 49.1 Å². The topological polar surface area (TPSA) is 58.2 Å². The van der Waals surface area contributed by atoms with E-state index < -0.39 is 10.0 Å². The zero-order valence-corrected chi connectivity index (χ0v) is 14.7. The van der Waals surface area contributed by atoms with Gasteiger partial charge in [0.15, 0.2) is 0 Å². The molecule has 0 radical (unpaired) electrons. The van der Waals surface area contributed by atoms with Crippen molar-refractivity contribution in [3.8, 4) is 0 Å². The van der Waals surface area contributed by atoms with E-state index in [0.717, 1.165) is 24.3 Å². The highest BCUT2D eigenvalue weighted by atomic mass is 32.2. The van der Waals surface area contributed by atoms with Gasteiger partial charge in [-0.3, -0.25) is 0 Å². The fraction of sp³-hybridized carbons (Fsp3) is 0.733. The van der Waals surface area contributed by atoms with Gasteiger partial charge in [-0.15, -0.1) is 11.3 Å². The van der Waals surface area contributed by atoms with Gasteiger partial charge in [0.25, 0.3) is 0 Å². The van der Waals surface area contributed by atoms with Gasteiger partial charge < -0.3 is 5.32 Å². The molecule has 1 aromatic heterocycles. The van der Waals surface area contributed by atoms with Gasteiger partial charge in [-0.1, -0.05) is 20.8 Å². The molecule has 2 unspecified atom stereocenters. The summed E-state index contributed by atoms with van der Waals surface area (Å²) in [6, 6.07) is 1.79. The second-order valence-corrected chi connectivity index (χ2v) is 8.91. The largest absolute Gasteiger partial charge is 0.312 e. The van der Waals surface area contributed by atoms with Crippen LogP contribution in [0, 0.1) is 11.8 Å². The maximum Gasteiger partial charge on any atom is 0.241 e. The van der Waals surface area contributed by atoms with Crippen LogP contribution in [0.2, 0.25) is 0 Å². The molecule has 1 fully saturated rings. The summed E-state index contributed by atoms with van der Waals surface area (Å²) < 4.78 is 28.2. The Morgan fingerprint density at radius 3 is 2.52 bits per heavy atom. The minimum atomic E-state index is -3.40. The number of nitrogens with one attached hydrogen (secondary N) is 2. The van der Waals surface area contributed by atoms with Crippen LogP contribution in [0.15, 0.2) is 16.3 Å².